The van der Waals surface area contributed by atoms with Crippen LogP contribution in [0.4, 0.5) is 10.5 Å². The van der Waals surface area contributed by atoms with Gasteiger partial charge in [-0.05, 0) is 61.4 Å². The van der Waals surface area contributed by atoms with E-state index in [2.05, 4.69) is 38.3 Å². The van der Waals surface area contributed by atoms with Crippen molar-refractivity contribution in [1.82, 2.24) is 19.7 Å². The van der Waals surface area contributed by atoms with E-state index in [1.165, 1.54) is 7.11 Å². The van der Waals surface area contributed by atoms with Gasteiger partial charge in [0.1, 0.15) is 0 Å². The predicted octanol–water partition coefficient (Wildman–Crippen LogP) is 4.65. The fraction of sp³-hybridized carbons (Fsp3) is 0.367. The summed E-state index contributed by atoms with van der Waals surface area (Å²) in [6.45, 7) is 9.90. The third kappa shape index (κ3) is 6.76. The second-order valence-corrected chi connectivity index (χ2v) is 9.37. The molecular weight excluding hydrogens is 478 g/mol. The van der Waals surface area contributed by atoms with Crippen molar-refractivity contribution in [2.24, 2.45) is 0 Å². The molecule has 2 amide bonds. The third-order valence-corrected chi connectivity index (χ3v) is 7.07. The number of amides is 2. The number of methoxy groups -OCH3 is 1. The molecule has 8 nitrogen and oxygen atoms in total. The smallest absolute Gasteiger partial charge is 0.411 e. The normalized spacial score (nSPS) is 15.0. The Kier molecular flexibility index (Phi) is 9.46. The number of rotatable bonds is 9. The van der Waals surface area contributed by atoms with Crippen LogP contribution in [0.2, 0.25) is 0 Å². The van der Waals surface area contributed by atoms with Gasteiger partial charge in [-0.25, -0.2) is 4.79 Å². The summed E-state index contributed by atoms with van der Waals surface area (Å²) in [6.07, 6.45) is 1.35. The van der Waals surface area contributed by atoms with Crippen LogP contribution in [-0.4, -0.2) is 78.1 Å². The van der Waals surface area contributed by atoms with Gasteiger partial charge >= 0.3 is 6.09 Å². The van der Waals surface area contributed by atoms with E-state index in [4.69, 9.17) is 4.74 Å². The molecule has 2 aromatic carbocycles. The van der Waals surface area contributed by atoms with Crippen molar-refractivity contribution in [3.05, 3.63) is 95.3 Å². The largest absolute Gasteiger partial charge is 0.453 e. The fourth-order valence-electron chi connectivity index (χ4n) is 4.93. The SMILES string of the molecule is CCN(CC)C(=O)c1ccc([C@@H](c2ccc(NC(=O)OC)cc2)N2CCN(Cc3ccccn3)CC2)cc1. The van der Waals surface area contributed by atoms with Crippen molar-refractivity contribution in [3.8, 4) is 0 Å². The molecule has 200 valence electrons. The van der Waals surface area contributed by atoms with Crippen LogP contribution in [0.1, 0.15) is 47.1 Å². The number of nitrogens with zero attached hydrogens (tertiary/aromatic N) is 4. The van der Waals surface area contributed by atoms with E-state index in [1.807, 2.05) is 73.5 Å². The number of pyridine rings is 1. The average molecular weight is 516 g/mol. The van der Waals surface area contributed by atoms with E-state index in [0.717, 1.165) is 49.5 Å². The molecule has 8 heteroatoms. The highest BCUT2D eigenvalue weighted by Crippen LogP contribution is 2.31. The maximum atomic E-state index is 12.9. The first kappa shape index (κ1) is 27.3. The lowest BCUT2D eigenvalue weighted by molar-refractivity contribution is 0.0772. The van der Waals surface area contributed by atoms with Crippen LogP contribution in [-0.2, 0) is 11.3 Å². The number of ether oxygens (including phenoxy) is 1. The predicted molar refractivity (Wildman–Crippen MR) is 149 cm³/mol. The van der Waals surface area contributed by atoms with Crippen molar-refractivity contribution >= 4 is 17.7 Å². The summed E-state index contributed by atoms with van der Waals surface area (Å²) >= 11 is 0. The van der Waals surface area contributed by atoms with Gasteiger partial charge in [0, 0.05) is 63.3 Å². The molecule has 1 aromatic heterocycles. The van der Waals surface area contributed by atoms with Gasteiger partial charge in [0.15, 0.2) is 0 Å². The zero-order valence-electron chi connectivity index (χ0n) is 22.5. The number of carbonyl (C=O) groups excluding carboxylic acids is 2. The number of anilines is 1. The van der Waals surface area contributed by atoms with Crippen LogP contribution in [0.15, 0.2) is 72.9 Å². The van der Waals surface area contributed by atoms with Crippen LogP contribution < -0.4 is 5.32 Å². The van der Waals surface area contributed by atoms with Gasteiger partial charge in [-0.15, -0.1) is 0 Å². The fourth-order valence-corrected chi connectivity index (χ4v) is 4.93. The first-order valence-corrected chi connectivity index (χ1v) is 13.2. The molecule has 0 saturated carbocycles. The van der Waals surface area contributed by atoms with Crippen LogP contribution >= 0.6 is 0 Å². The molecule has 4 rings (SSSR count). The lowest BCUT2D eigenvalue weighted by atomic mass is 9.95. The van der Waals surface area contributed by atoms with Crippen molar-refractivity contribution < 1.29 is 14.3 Å². The zero-order chi connectivity index (χ0) is 26.9. The van der Waals surface area contributed by atoms with Crippen molar-refractivity contribution in [2.75, 3.05) is 51.7 Å². The molecule has 2 heterocycles. The van der Waals surface area contributed by atoms with Gasteiger partial charge < -0.3 is 9.64 Å². The summed E-state index contributed by atoms with van der Waals surface area (Å²) in [6, 6.07) is 22.0. The summed E-state index contributed by atoms with van der Waals surface area (Å²) in [4.78, 5) is 35.7. The molecular formula is C30H37N5O3. The molecule has 1 atom stereocenters. The third-order valence-electron chi connectivity index (χ3n) is 7.07. The van der Waals surface area contributed by atoms with Crippen LogP contribution in [0.5, 0.6) is 0 Å². The Morgan fingerprint density at radius 1 is 0.921 bits per heavy atom. The monoisotopic (exact) mass is 515 g/mol. The zero-order valence-corrected chi connectivity index (χ0v) is 22.5. The topological polar surface area (TPSA) is 78.0 Å². The van der Waals surface area contributed by atoms with E-state index in [1.54, 1.807) is 0 Å². The number of piperazine rings is 1. The molecule has 1 saturated heterocycles. The summed E-state index contributed by atoms with van der Waals surface area (Å²) in [5.74, 6) is 0.0551. The lowest BCUT2D eigenvalue weighted by Crippen LogP contribution is -2.47. The summed E-state index contributed by atoms with van der Waals surface area (Å²) in [5, 5.41) is 2.72. The lowest BCUT2D eigenvalue weighted by Gasteiger charge is -2.39. The van der Waals surface area contributed by atoms with Gasteiger partial charge in [0.05, 0.1) is 18.8 Å². The van der Waals surface area contributed by atoms with E-state index in [9.17, 15) is 9.59 Å². The number of hydrogen-bond acceptors (Lipinski definition) is 6. The minimum absolute atomic E-state index is 0.0248. The Balaban J connectivity index is 1.55. The second-order valence-electron chi connectivity index (χ2n) is 9.37. The van der Waals surface area contributed by atoms with Crippen molar-refractivity contribution in [1.29, 1.82) is 0 Å². The van der Waals surface area contributed by atoms with E-state index in [-0.39, 0.29) is 11.9 Å². The molecule has 1 aliphatic heterocycles. The van der Waals surface area contributed by atoms with Crippen LogP contribution in [0.3, 0.4) is 0 Å². The number of aromatic nitrogens is 1. The second kappa shape index (κ2) is 13.2. The van der Waals surface area contributed by atoms with Crippen LogP contribution in [0.25, 0.3) is 0 Å². The van der Waals surface area contributed by atoms with Gasteiger partial charge in [0.25, 0.3) is 5.91 Å². The Labute approximate surface area is 225 Å². The van der Waals surface area contributed by atoms with Gasteiger partial charge in [0.2, 0.25) is 0 Å². The first-order chi connectivity index (χ1) is 18.5. The highest BCUT2D eigenvalue weighted by atomic mass is 16.5. The van der Waals surface area contributed by atoms with Gasteiger partial charge in [-0.3, -0.25) is 24.9 Å². The minimum atomic E-state index is -0.494. The van der Waals surface area contributed by atoms with Crippen molar-refractivity contribution in [3.63, 3.8) is 0 Å². The molecule has 0 bridgehead atoms. The first-order valence-electron chi connectivity index (χ1n) is 13.2. The Bertz CT molecular complexity index is 1170. The molecule has 0 unspecified atom stereocenters. The molecule has 0 spiro atoms. The van der Waals surface area contributed by atoms with Gasteiger partial charge in [-0.2, -0.15) is 0 Å². The highest BCUT2D eigenvalue weighted by Gasteiger charge is 2.27. The number of hydrogen-bond donors (Lipinski definition) is 1. The standard InChI is InChI=1S/C30H37N5O3/c1-4-34(5-2)29(36)25-11-9-23(10-12-25)28(24-13-15-26(16-14-24)32-30(37)38-3)35-20-18-33(19-21-35)22-27-8-6-7-17-31-27/h6-17,28H,4-5,18-22H2,1-3H3,(H,32,37)/t28-/m0/s1. The van der Waals surface area contributed by atoms with Crippen molar-refractivity contribution in [2.45, 2.75) is 26.4 Å². The van der Waals surface area contributed by atoms with E-state index >= 15 is 0 Å². The van der Waals surface area contributed by atoms with E-state index in [0.29, 0.717) is 24.3 Å². The number of nitrogens with one attached hydrogen (secondary N) is 1. The Morgan fingerprint density at radius 2 is 1.55 bits per heavy atom. The minimum Gasteiger partial charge on any atom is -0.453 e. The highest BCUT2D eigenvalue weighted by molar-refractivity contribution is 5.94. The quantitative estimate of drug-likeness (QED) is 0.447. The summed E-state index contributed by atoms with van der Waals surface area (Å²) in [7, 11) is 1.35. The number of benzene rings is 2. The molecule has 1 aliphatic rings. The maximum absolute atomic E-state index is 12.9. The number of carbonyl (C=O) groups is 2. The molecule has 0 aliphatic carbocycles. The van der Waals surface area contributed by atoms with E-state index < -0.39 is 6.09 Å². The summed E-state index contributed by atoms with van der Waals surface area (Å²) in [5.41, 5.74) is 4.72. The molecule has 1 fully saturated rings. The molecule has 38 heavy (non-hydrogen) atoms. The summed E-state index contributed by atoms with van der Waals surface area (Å²) < 4.78 is 4.71. The molecule has 3 aromatic rings. The Hall–Kier alpha value is -3.75. The molecule has 0 radical (unpaired) electrons. The maximum Gasteiger partial charge on any atom is 0.411 e. The van der Waals surface area contributed by atoms with Gasteiger partial charge in [-0.1, -0.05) is 30.3 Å². The Morgan fingerprint density at radius 3 is 2.11 bits per heavy atom. The van der Waals surface area contributed by atoms with Crippen LogP contribution in [0, 0.1) is 0 Å². The average Bonchev–Trinajstić information content (AvgIpc) is 2.96. The molecule has 1 N–H and O–H groups in total.